The molecule has 0 aliphatic heterocycles. The standard InChI is InChI=1S/C19H19FN2/c1-3-12-22-13-18(15-8-10-17(20)11-9-15)21-19(22)16-6-4-14(2)5-7-16/h3-10,13,17H,1,11-12H2,2H3. The second-order valence-corrected chi connectivity index (χ2v) is 5.53. The van der Waals surface area contributed by atoms with Crippen molar-refractivity contribution in [3.63, 3.8) is 0 Å². The molecule has 0 saturated carbocycles. The van der Waals surface area contributed by atoms with Gasteiger partial charge in [0.2, 0.25) is 0 Å². The fraction of sp³-hybridized carbons (Fsp3) is 0.211. The van der Waals surface area contributed by atoms with E-state index in [2.05, 4.69) is 42.3 Å². The third kappa shape index (κ3) is 2.93. The Morgan fingerprint density at radius 1 is 1.36 bits per heavy atom. The highest BCUT2D eigenvalue weighted by molar-refractivity contribution is 5.74. The van der Waals surface area contributed by atoms with Gasteiger partial charge in [0.1, 0.15) is 12.0 Å². The second kappa shape index (κ2) is 6.14. The number of allylic oxidation sites excluding steroid dienone is 5. The fourth-order valence-corrected chi connectivity index (χ4v) is 2.55. The molecule has 0 saturated heterocycles. The van der Waals surface area contributed by atoms with Crippen molar-refractivity contribution < 1.29 is 4.39 Å². The van der Waals surface area contributed by atoms with Crippen molar-refractivity contribution in [2.75, 3.05) is 0 Å². The first kappa shape index (κ1) is 14.5. The molecule has 1 atom stereocenters. The average Bonchev–Trinajstić information content (AvgIpc) is 2.93. The van der Waals surface area contributed by atoms with Gasteiger partial charge in [-0.25, -0.2) is 9.37 Å². The number of aryl methyl sites for hydroxylation is 1. The predicted molar refractivity (Wildman–Crippen MR) is 89.2 cm³/mol. The van der Waals surface area contributed by atoms with Crippen molar-refractivity contribution in [1.82, 2.24) is 9.55 Å². The van der Waals surface area contributed by atoms with E-state index < -0.39 is 6.17 Å². The van der Waals surface area contributed by atoms with Crippen molar-refractivity contribution in [2.45, 2.75) is 26.1 Å². The van der Waals surface area contributed by atoms with Crippen LogP contribution in [-0.2, 0) is 6.54 Å². The van der Waals surface area contributed by atoms with E-state index in [0.29, 0.717) is 13.0 Å². The van der Waals surface area contributed by atoms with Crippen LogP contribution in [0, 0.1) is 6.92 Å². The van der Waals surface area contributed by atoms with Crippen LogP contribution in [-0.4, -0.2) is 15.7 Å². The molecule has 3 rings (SSSR count). The highest BCUT2D eigenvalue weighted by Crippen LogP contribution is 2.26. The van der Waals surface area contributed by atoms with E-state index in [1.54, 1.807) is 6.08 Å². The highest BCUT2D eigenvalue weighted by Gasteiger charge is 2.14. The van der Waals surface area contributed by atoms with Crippen LogP contribution in [0.15, 0.2) is 61.3 Å². The molecule has 0 radical (unpaired) electrons. The first-order valence-electron chi connectivity index (χ1n) is 7.45. The minimum absolute atomic E-state index is 0.417. The lowest BCUT2D eigenvalue weighted by Crippen LogP contribution is -1.98. The number of alkyl halides is 1. The van der Waals surface area contributed by atoms with E-state index >= 15 is 0 Å². The molecule has 1 unspecified atom stereocenters. The zero-order valence-electron chi connectivity index (χ0n) is 12.7. The van der Waals surface area contributed by atoms with Gasteiger partial charge in [0, 0.05) is 24.7 Å². The van der Waals surface area contributed by atoms with Gasteiger partial charge in [0.25, 0.3) is 0 Å². The van der Waals surface area contributed by atoms with Crippen LogP contribution < -0.4 is 0 Å². The van der Waals surface area contributed by atoms with Crippen LogP contribution in [0.2, 0.25) is 0 Å². The molecule has 0 spiro atoms. The quantitative estimate of drug-likeness (QED) is 0.746. The summed E-state index contributed by atoms with van der Waals surface area (Å²) in [7, 11) is 0. The van der Waals surface area contributed by atoms with E-state index in [1.165, 1.54) is 5.56 Å². The summed E-state index contributed by atoms with van der Waals surface area (Å²) >= 11 is 0. The zero-order valence-corrected chi connectivity index (χ0v) is 12.7. The molecule has 0 bridgehead atoms. The van der Waals surface area contributed by atoms with E-state index in [-0.39, 0.29) is 0 Å². The number of hydrogen-bond acceptors (Lipinski definition) is 1. The van der Waals surface area contributed by atoms with Crippen LogP contribution in [0.5, 0.6) is 0 Å². The van der Waals surface area contributed by atoms with E-state index in [9.17, 15) is 4.39 Å². The van der Waals surface area contributed by atoms with Crippen molar-refractivity contribution in [1.29, 1.82) is 0 Å². The topological polar surface area (TPSA) is 17.8 Å². The predicted octanol–water partition coefficient (Wildman–Crippen LogP) is 4.73. The van der Waals surface area contributed by atoms with Crippen molar-refractivity contribution in [3.05, 3.63) is 72.6 Å². The number of halogens is 1. The number of benzene rings is 1. The number of rotatable bonds is 4. The summed E-state index contributed by atoms with van der Waals surface area (Å²) in [5.41, 5.74) is 4.14. The number of hydrogen-bond donors (Lipinski definition) is 0. The Labute approximate surface area is 130 Å². The van der Waals surface area contributed by atoms with Crippen LogP contribution in [0.3, 0.4) is 0 Å². The van der Waals surface area contributed by atoms with Gasteiger partial charge in [-0.3, -0.25) is 0 Å². The molecule has 0 N–H and O–H groups in total. The van der Waals surface area contributed by atoms with Gasteiger partial charge in [0.15, 0.2) is 0 Å². The Kier molecular flexibility index (Phi) is 4.05. The number of nitrogens with zero attached hydrogens (tertiary/aromatic N) is 2. The van der Waals surface area contributed by atoms with E-state index in [0.717, 1.165) is 22.7 Å². The molecule has 0 fully saturated rings. The highest BCUT2D eigenvalue weighted by atomic mass is 19.1. The Morgan fingerprint density at radius 2 is 2.14 bits per heavy atom. The molecule has 112 valence electrons. The monoisotopic (exact) mass is 294 g/mol. The molecular formula is C19H19FN2. The lowest BCUT2D eigenvalue weighted by Gasteiger charge is -2.06. The van der Waals surface area contributed by atoms with E-state index in [4.69, 9.17) is 4.98 Å². The van der Waals surface area contributed by atoms with Crippen molar-refractivity contribution in [3.8, 4) is 11.4 Å². The van der Waals surface area contributed by atoms with Gasteiger partial charge >= 0.3 is 0 Å². The van der Waals surface area contributed by atoms with Crippen LogP contribution in [0.1, 0.15) is 17.7 Å². The zero-order chi connectivity index (χ0) is 15.5. The third-order valence-electron chi connectivity index (χ3n) is 3.76. The molecule has 0 amide bonds. The molecule has 2 nitrogen and oxygen atoms in total. The molecule has 1 heterocycles. The van der Waals surface area contributed by atoms with Gasteiger partial charge in [-0.05, 0) is 18.6 Å². The Morgan fingerprint density at radius 3 is 2.77 bits per heavy atom. The van der Waals surface area contributed by atoms with Gasteiger partial charge < -0.3 is 4.57 Å². The third-order valence-corrected chi connectivity index (χ3v) is 3.76. The molecule has 1 aliphatic rings. The molecular weight excluding hydrogens is 275 g/mol. The van der Waals surface area contributed by atoms with Gasteiger partial charge in [-0.1, -0.05) is 48.1 Å². The smallest absolute Gasteiger partial charge is 0.140 e. The van der Waals surface area contributed by atoms with E-state index in [1.807, 2.05) is 24.4 Å². The average molecular weight is 294 g/mol. The van der Waals surface area contributed by atoms with Crippen LogP contribution in [0.4, 0.5) is 4.39 Å². The first-order valence-corrected chi connectivity index (χ1v) is 7.45. The summed E-state index contributed by atoms with van der Waals surface area (Å²) in [4.78, 5) is 4.75. The molecule has 3 heteroatoms. The summed E-state index contributed by atoms with van der Waals surface area (Å²) in [6.45, 7) is 6.57. The fourth-order valence-electron chi connectivity index (χ4n) is 2.55. The van der Waals surface area contributed by atoms with Crippen LogP contribution >= 0.6 is 0 Å². The summed E-state index contributed by atoms with van der Waals surface area (Å²) in [6.07, 6.45) is 8.71. The second-order valence-electron chi connectivity index (χ2n) is 5.53. The van der Waals surface area contributed by atoms with Gasteiger partial charge in [-0.2, -0.15) is 0 Å². The molecule has 22 heavy (non-hydrogen) atoms. The molecule has 1 aromatic carbocycles. The number of aromatic nitrogens is 2. The molecule has 2 aromatic rings. The molecule has 1 aliphatic carbocycles. The summed E-state index contributed by atoms with van der Waals surface area (Å²) in [6, 6.07) is 8.30. The summed E-state index contributed by atoms with van der Waals surface area (Å²) < 4.78 is 15.3. The van der Waals surface area contributed by atoms with Crippen LogP contribution in [0.25, 0.3) is 17.0 Å². The Bertz CT molecular complexity index is 735. The van der Waals surface area contributed by atoms with Gasteiger partial charge in [-0.15, -0.1) is 6.58 Å². The van der Waals surface area contributed by atoms with Gasteiger partial charge in [0.05, 0.1) is 5.69 Å². The minimum atomic E-state index is -0.879. The first-order chi connectivity index (χ1) is 10.7. The summed E-state index contributed by atoms with van der Waals surface area (Å²) in [5, 5.41) is 0. The lowest BCUT2D eigenvalue weighted by molar-refractivity contribution is 0.402. The minimum Gasteiger partial charge on any atom is -0.327 e. The Hall–Kier alpha value is -2.42. The molecule has 1 aromatic heterocycles. The van der Waals surface area contributed by atoms with Crippen molar-refractivity contribution in [2.24, 2.45) is 0 Å². The maximum absolute atomic E-state index is 13.2. The largest absolute Gasteiger partial charge is 0.327 e. The maximum Gasteiger partial charge on any atom is 0.140 e. The van der Waals surface area contributed by atoms with Crippen molar-refractivity contribution >= 4 is 5.57 Å². The lowest BCUT2D eigenvalue weighted by atomic mass is 10.0. The Balaban J connectivity index is 2.01. The SMILES string of the molecule is C=CCn1cc(C2=CCC(F)C=C2)nc1-c1ccc(C)cc1. The maximum atomic E-state index is 13.2. The number of imidazole rings is 1. The summed E-state index contributed by atoms with van der Waals surface area (Å²) in [5.74, 6) is 0.909. The normalized spacial score (nSPS) is 17.4.